The molecule has 1 fully saturated rings. The molecule has 1 atom stereocenters. The Balaban J connectivity index is 1.50. The van der Waals surface area contributed by atoms with Crippen LogP contribution >= 0.6 is 11.6 Å². The molecule has 132 valence electrons. The van der Waals surface area contributed by atoms with Crippen LogP contribution in [0.2, 0.25) is 5.02 Å². The molecule has 2 aromatic carbocycles. The van der Waals surface area contributed by atoms with E-state index in [2.05, 4.69) is 22.5 Å². The summed E-state index contributed by atoms with van der Waals surface area (Å²) in [5, 5.41) is 6.36. The lowest BCUT2D eigenvalue weighted by Gasteiger charge is -2.33. The van der Waals surface area contributed by atoms with Gasteiger partial charge in [-0.25, -0.2) is 4.79 Å². The molecule has 0 unspecified atom stereocenters. The third kappa shape index (κ3) is 5.11. The highest BCUT2D eigenvalue weighted by Gasteiger charge is 2.16. The number of hydrogen-bond donors (Lipinski definition) is 2. The lowest BCUT2D eigenvalue weighted by atomic mass is 10.2. The topological polar surface area (TPSA) is 53.6 Å². The Bertz CT molecular complexity index is 704. The number of morpholine rings is 1. The van der Waals surface area contributed by atoms with E-state index in [9.17, 15) is 4.79 Å². The monoisotopic (exact) mass is 359 g/mol. The van der Waals surface area contributed by atoms with Crippen LogP contribution in [0, 0.1) is 0 Å². The number of hydrogen-bond acceptors (Lipinski definition) is 3. The van der Waals surface area contributed by atoms with Crippen LogP contribution in [0.4, 0.5) is 16.2 Å². The van der Waals surface area contributed by atoms with E-state index in [4.69, 9.17) is 16.3 Å². The van der Waals surface area contributed by atoms with E-state index >= 15 is 0 Å². The van der Waals surface area contributed by atoms with Crippen molar-refractivity contribution < 1.29 is 9.53 Å². The molecule has 0 aliphatic carbocycles. The fourth-order valence-corrected chi connectivity index (χ4v) is 2.89. The minimum atomic E-state index is -0.234. The lowest BCUT2D eigenvalue weighted by Crippen LogP contribution is -2.41. The summed E-state index contributed by atoms with van der Waals surface area (Å²) in [5.74, 6) is 0. The Morgan fingerprint density at radius 2 is 1.92 bits per heavy atom. The van der Waals surface area contributed by atoms with Gasteiger partial charge in [0.05, 0.1) is 12.7 Å². The number of carbonyl (C=O) groups excluding carboxylic acids is 1. The summed E-state index contributed by atoms with van der Waals surface area (Å²) in [6.07, 6.45) is 0.241. The van der Waals surface area contributed by atoms with Crippen molar-refractivity contribution in [3.8, 4) is 0 Å². The molecule has 0 radical (unpaired) electrons. The number of urea groups is 1. The summed E-state index contributed by atoms with van der Waals surface area (Å²) in [5.41, 5.74) is 2.90. The second-order valence-corrected chi connectivity index (χ2v) is 6.54. The minimum Gasteiger partial charge on any atom is -0.375 e. The van der Waals surface area contributed by atoms with E-state index in [0.29, 0.717) is 11.6 Å². The van der Waals surface area contributed by atoms with Gasteiger partial charge < -0.3 is 20.3 Å². The molecule has 25 heavy (non-hydrogen) atoms. The normalized spacial score (nSPS) is 17.2. The van der Waals surface area contributed by atoms with Crippen LogP contribution in [-0.2, 0) is 11.3 Å². The van der Waals surface area contributed by atoms with Gasteiger partial charge in [0.2, 0.25) is 0 Å². The third-order valence-electron chi connectivity index (χ3n) is 4.10. The predicted octanol–water partition coefficient (Wildman–Crippen LogP) is 3.89. The number of carbonyl (C=O) groups is 1. The number of nitrogens with one attached hydrogen (secondary N) is 2. The van der Waals surface area contributed by atoms with Crippen molar-refractivity contribution in [2.45, 2.75) is 19.6 Å². The largest absolute Gasteiger partial charge is 0.375 e. The molecule has 3 rings (SSSR count). The van der Waals surface area contributed by atoms with Crippen LogP contribution in [0.15, 0.2) is 48.5 Å². The van der Waals surface area contributed by atoms with Crippen LogP contribution in [-0.4, -0.2) is 31.8 Å². The van der Waals surface area contributed by atoms with Crippen molar-refractivity contribution >= 4 is 29.0 Å². The van der Waals surface area contributed by atoms with Crippen molar-refractivity contribution in [2.75, 3.05) is 29.9 Å². The second-order valence-electron chi connectivity index (χ2n) is 6.11. The fourth-order valence-electron chi connectivity index (χ4n) is 2.77. The van der Waals surface area contributed by atoms with E-state index in [-0.39, 0.29) is 12.1 Å². The Morgan fingerprint density at radius 3 is 2.60 bits per heavy atom. The Hall–Kier alpha value is -2.24. The zero-order valence-electron chi connectivity index (χ0n) is 14.2. The standard InChI is InChI=1S/C19H22ClN3O2/c1-14-13-23(10-11-25-14)18-8-6-17(7-9-18)22-19(24)21-12-15-2-4-16(20)5-3-15/h2-9,14H,10-13H2,1H3,(H2,21,22,24)/t14-/m0/s1. The molecule has 0 bridgehead atoms. The van der Waals surface area contributed by atoms with Gasteiger partial charge in [-0.3, -0.25) is 0 Å². The first-order valence-corrected chi connectivity index (χ1v) is 8.74. The van der Waals surface area contributed by atoms with Gasteiger partial charge >= 0.3 is 6.03 Å². The van der Waals surface area contributed by atoms with Crippen LogP contribution in [0.25, 0.3) is 0 Å². The number of ether oxygens (including phenoxy) is 1. The highest BCUT2D eigenvalue weighted by molar-refractivity contribution is 6.30. The molecule has 5 nitrogen and oxygen atoms in total. The molecule has 1 aliphatic heterocycles. The molecule has 0 saturated carbocycles. The summed E-state index contributed by atoms with van der Waals surface area (Å²) < 4.78 is 5.56. The first-order valence-electron chi connectivity index (χ1n) is 8.36. The Morgan fingerprint density at radius 1 is 1.20 bits per heavy atom. The molecular formula is C19H22ClN3O2. The van der Waals surface area contributed by atoms with E-state index in [1.165, 1.54) is 0 Å². The highest BCUT2D eigenvalue weighted by atomic mass is 35.5. The molecule has 2 amide bonds. The van der Waals surface area contributed by atoms with Gasteiger partial charge in [-0.2, -0.15) is 0 Å². The molecule has 6 heteroatoms. The third-order valence-corrected chi connectivity index (χ3v) is 4.35. The SMILES string of the molecule is C[C@H]1CN(c2ccc(NC(=O)NCc3ccc(Cl)cc3)cc2)CCO1. The average Bonchev–Trinajstić information content (AvgIpc) is 2.62. The summed E-state index contributed by atoms with van der Waals surface area (Å²) in [4.78, 5) is 14.3. The summed E-state index contributed by atoms with van der Waals surface area (Å²) in [7, 11) is 0. The van der Waals surface area contributed by atoms with Crippen LogP contribution in [0.1, 0.15) is 12.5 Å². The van der Waals surface area contributed by atoms with E-state index in [0.717, 1.165) is 36.6 Å². The maximum Gasteiger partial charge on any atom is 0.319 e. The van der Waals surface area contributed by atoms with E-state index in [1.807, 2.05) is 48.5 Å². The molecule has 1 aliphatic rings. The highest BCUT2D eigenvalue weighted by Crippen LogP contribution is 2.20. The molecule has 2 aromatic rings. The number of anilines is 2. The molecule has 1 saturated heterocycles. The maximum atomic E-state index is 12.0. The van der Waals surface area contributed by atoms with Crippen molar-refractivity contribution in [3.05, 3.63) is 59.1 Å². The van der Waals surface area contributed by atoms with Crippen molar-refractivity contribution in [3.63, 3.8) is 0 Å². The van der Waals surface area contributed by atoms with Crippen molar-refractivity contribution in [1.82, 2.24) is 5.32 Å². The molecule has 0 aromatic heterocycles. The van der Waals surface area contributed by atoms with Gasteiger partial charge in [0.15, 0.2) is 0 Å². The van der Waals surface area contributed by atoms with Crippen LogP contribution in [0.3, 0.4) is 0 Å². The van der Waals surface area contributed by atoms with Crippen molar-refractivity contribution in [1.29, 1.82) is 0 Å². The average molecular weight is 360 g/mol. The number of nitrogens with zero attached hydrogens (tertiary/aromatic N) is 1. The molecular weight excluding hydrogens is 338 g/mol. The summed E-state index contributed by atoms with van der Waals surface area (Å²) in [6.45, 7) is 5.04. The van der Waals surface area contributed by atoms with E-state index in [1.54, 1.807) is 0 Å². The van der Waals surface area contributed by atoms with Gasteiger partial charge in [-0.15, -0.1) is 0 Å². The smallest absolute Gasteiger partial charge is 0.319 e. The zero-order valence-corrected chi connectivity index (χ0v) is 14.9. The maximum absolute atomic E-state index is 12.0. The van der Waals surface area contributed by atoms with Crippen LogP contribution < -0.4 is 15.5 Å². The first-order chi connectivity index (χ1) is 12.1. The van der Waals surface area contributed by atoms with Gasteiger partial charge in [0.1, 0.15) is 0 Å². The first kappa shape index (κ1) is 17.6. The lowest BCUT2D eigenvalue weighted by molar-refractivity contribution is 0.0532. The van der Waals surface area contributed by atoms with Gasteiger partial charge in [0, 0.05) is 36.0 Å². The van der Waals surface area contributed by atoms with Gasteiger partial charge in [-0.1, -0.05) is 23.7 Å². The summed E-state index contributed by atoms with van der Waals surface area (Å²) >= 11 is 5.85. The molecule has 1 heterocycles. The minimum absolute atomic E-state index is 0.234. The van der Waals surface area contributed by atoms with Crippen molar-refractivity contribution in [2.24, 2.45) is 0 Å². The predicted molar refractivity (Wildman–Crippen MR) is 101 cm³/mol. The van der Waals surface area contributed by atoms with Gasteiger partial charge in [0.25, 0.3) is 0 Å². The quantitative estimate of drug-likeness (QED) is 0.870. The number of benzene rings is 2. The molecule has 2 N–H and O–H groups in total. The Labute approximate surface area is 152 Å². The summed E-state index contributed by atoms with van der Waals surface area (Å²) in [6, 6.07) is 15.0. The zero-order chi connectivity index (χ0) is 17.6. The van der Waals surface area contributed by atoms with Gasteiger partial charge in [-0.05, 0) is 48.9 Å². The Kier molecular flexibility index (Phi) is 5.79. The second kappa shape index (κ2) is 8.23. The van der Waals surface area contributed by atoms with E-state index < -0.39 is 0 Å². The van der Waals surface area contributed by atoms with Crippen LogP contribution in [0.5, 0.6) is 0 Å². The number of halogens is 1. The molecule has 0 spiro atoms. The number of rotatable bonds is 4. The number of amides is 2. The fraction of sp³-hybridized carbons (Fsp3) is 0.316.